The van der Waals surface area contributed by atoms with Crippen LogP contribution in [0, 0.1) is 0 Å². The highest BCUT2D eigenvalue weighted by Gasteiger charge is 2.42. The molecule has 2 aromatic rings. The Kier molecular flexibility index (Phi) is 3.96. The van der Waals surface area contributed by atoms with Crippen LogP contribution < -0.4 is 10.6 Å². The van der Waals surface area contributed by atoms with Gasteiger partial charge in [-0.25, -0.2) is 15.0 Å². The summed E-state index contributed by atoms with van der Waals surface area (Å²) >= 11 is 0. The summed E-state index contributed by atoms with van der Waals surface area (Å²) in [5, 5.41) is 26.0. The average Bonchev–Trinajstić information content (AvgIpc) is 3.03. The predicted octanol–water partition coefficient (Wildman–Crippen LogP) is -0.774. The maximum atomic E-state index is 10.2. The zero-order chi connectivity index (χ0) is 15.9. The molecule has 1 aliphatic rings. The molecule has 9 nitrogen and oxygen atoms in total. The number of aliphatic hydroxyl groups is 2. The second-order valence-electron chi connectivity index (χ2n) is 5.31. The van der Waals surface area contributed by atoms with Gasteiger partial charge in [0.1, 0.15) is 18.0 Å². The third-order valence-electron chi connectivity index (χ3n) is 3.79. The number of anilines is 1. The van der Waals surface area contributed by atoms with E-state index in [1.165, 1.54) is 0 Å². The Hall–Kier alpha value is -1.81. The van der Waals surface area contributed by atoms with Gasteiger partial charge in [0.15, 0.2) is 23.2 Å². The van der Waals surface area contributed by atoms with E-state index in [0.29, 0.717) is 29.4 Å². The summed E-state index contributed by atoms with van der Waals surface area (Å²) in [6, 6.07) is 0. The van der Waals surface area contributed by atoms with Gasteiger partial charge in [0.05, 0.1) is 19.0 Å². The maximum absolute atomic E-state index is 10.2. The summed E-state index contributed by atoms with van der Waals surface area (Å²) in [6.07, 6.45) is -1.61. The lowest BCUT2D eigenvalue weighted by Crippen LogP contribution is -2.30. The fourth-order valence-electron chi connectivity index (χ4n) is 2.62. The highest BCUT2D eigenvalue weighted by molar-refractivity contribution is 5.83. The minimum absolute atomic E-state index is 0.458. The molecule has 4 N–H and O–H groups in total. The minimum Gasteiger partial charge on any atom is -0.388 e. The molecule has 0 radical (unpaired) electrons. The van der Waals surface area contributed by atoms with E-state index < -0.39 is 24.5 Å². The molecule has 3 rings (SSSR count). The van der Waals surface area contributed by atoms with E-state index >= 15 is 0 Å². The number of ether oxygens (including phenoxy) is 1. The first-order valence-electron chi connectivity index (χ1n) is 7.14. The largest absolute Gasteiger partial charge is 0.388 e. The van der Waals surface area contributed by atoms with Gasteiger partial charge < -0.3 is 25.6 Å². The van der Waals surface area contributed by atoms with Crippen LogP contribution in [0.1, 0.15) is 19.0 Å². The first kappa shape index (κ1) is 15.1. The van der Waals surface area contributed by atoms with Gasteiger partial charge in [0.2, 0.25) is 0 Å². The summed E-state index contributed by atoms with van der Waals surface area (Å²) in [4.78, 5) is 13.2. The molecular weight excluding hydrogens is 288 g/mol. The lowest BCUT2D eigenvalue weighted by Gasteiger charge is -2.17. The van der Waals surface area contributed by atoms with Crippen LogP contribution in [0.3, 0.4) is 0 Å². The van der Waals surface area contributed by atoms with Crippen LogP contribution in [0.25, 0.3) is 11.2 Å². The van der Waals surface area contributed by atoms with Crippen LogP contribution in [0.4, 0.5) is 5.82 Å². The topological polar surface area (TPSA) is 117 Å². The summed E-state index contributed by atoms with van der Waals surface area (Å²) in [5.74, 6) is 1.21. The molecule has 4 atom stereocenters. The van der Waals surface area contributed by atoms with Crippen molar-refractivity contribution in [1.29, 1.82) is 0 Å². The molecule has 22 heavy (non-hydrogen) atoms. The van der Waals surface area contributed by atoms with Crippen molar-refractivity contribution in [3.8, 4) is 0 Å². The van der Waals surface area contributed by atoms with Crippen LogP contribution in [-0.4, -0.2) is 62.1 Å². The molecule has 0 spiro atoms. The van der Waals surface area contributed by atoms with E-state index in [9.17, 15) is 10.2 Å². The van der Waals surface area contributed by atoms with Gasteiger partial charge in [0, 0.05) is 7.05 Å². The number of rotatable bonds is 4. The summed E-state index contributed by atoms with van der Waals surface area (Å²) in [5.41, 5.74) is 1.14. The average molecular weight is 308 g/mol. The smallest absolute Gasteiger partial charge is 0.168 e. The molecule has 0 aliphatic carbocycles. The van der Waals surface area contributed by atoms with Crippen molar-refractivity contribution < 1.29 is 14.9 Å². The monoisotopic (exact) mass is 308 g/mol. The van der Waals surface area contributed by atoms with Gasteiger partial charge in [-0.1, -0.05) is 0 Å². The molecule has 120 valence electrons. The molecule has 4 unspecified atom stereocenters. The Morgan fingerprint density at radius 3 is 2.64 bits per heavy atom. The van der Waals surface area contributed by atoms with Crippen molar-refractivity contribution in [2.45, 2.75) is 38.0 Å². The Balaban J connectivity index is 2.09. The lowest BCUT2D eigenvalue weighted by molar-refractivity contribution is -0.0299. The van der Waals surface area contributed by atoms with Crippen LogP contribution in [0.15, 0.2) is 6.33 Å². The molecule has 0 amide bonds. The number of nitrogens with one attached hydrogen (secondary N) is 2. The molecule has 0 saturated carbocycles. The quantitative estimate of drug-likeness (QED) is 0.581. The number of hydrogen-bond acceptors (Lipinski definition) is 8. The van der Waals surface area contributed by atoms with Crippen LogP contribution in [0.2, 0.25) is 0 Å². The normalized spacial score (nSPS) is 28.4. The maximum Gasteiger partial charge on any atom is 0.168 e. The lowest BCUT2D eigenvalue weighted by atomic mass is 10.1. The highest BCUT2D eigenvalue weighted by Crippen LogP contribution is 2.32. The minimum atomic E-state index is -1.03. The van der Waals surface area contributed by atoms with E-state index in [0.717, 1.165) is 0 Å². The molecule has 0 bridgehead atoms. The summed E-state index contributed by atoms with van der Waals surface area (Å²) < 4.78 is 7.27. The first-order chi connectivity index (χ1) is 10.6. The SMILES string of the molecule is CNCc1nc(NC)c2ncn(C3OC(C)C(O)C3O)c2n1. The predicted molar refractivity (Wildman–Crippen MR) is 79.2 cm³/mol. The second-order valence-corrected chi connectivity index (χ2v) is 5.31. The van der Waals surface area contributed by atoms with E-state index in [1.54, 1.807) is 24.9 Å². The first-order valence-corrected chi connectivity index (χ1v) is 7.14. The molecule has 9 heteroatoms. The zero-order valence-electron chi connectivity index (χ0n) is 12.7. The van der Waals surface area contributed by atoms with Gasteiger partial charge in [-0.3, -0.25) is 4.57 Å². The molecule has 3 heterocycles. The number of nitrogens with zero attached hydrogens (tertiary/aromatic N) is 4. The van der Waals surface area contributed by atoms with Crippen molar-refractivity contribution in [2.75, 3.05) is 19.4 Å². The Morgan fingerprint density at radius 1 is 1.27 bits per heavy atom. The van der Waals surface area contributed by atoms with Gasteiger partial charge in [-0.05, 0) is 14.0 Å². The Bertz CT molecular complexity index is 675. The fourth-order valence-corrected chi connectivity index (χ4v) is 2.62. The molecule has 0 aromatic carbocycles. The Morgan fingerprint density at radius 2 is 2.05 bits per heavy atom. The summed E-state index contributed by atoms with van der Waals surface area (Å²) in [7, 11) is 3.57. The molecular formula is C13H20N6O3. The third kappa shape index (κ3) is 2.31. The highest BCUT2D eigenvalue weighted by atomic mass is 16.6. The number of fused-ring (bicyclic) bond motifs is 1. The number of aliphatic hydroxyl groups excluding tert-OH is 2. The molecule has 1 saturated heterocycles. The summed E-state index contributed by atoms with van der Waals surface area (Å²) in [6.45, 7) is 2.22. The number of hydrogen-bond donors (Lipinski definition) is 4. The standard InChI is InChI=1S/C13H20N6O3/c1-6-9(20)10(21)13(22-6)19-5-16-8-11(15-3)17-7(4-14-2)18-12(8)19/h5-6,9-10,13-14,20-21H,4H2,1-3H3,(H,15,17,18). The van der Waals surface area contributed by atoms with Gasteiger partial charge in [-0.15, -0.1) is 0 Å². The third-order valence-corrected chi connectivity index (χ3v) is 3.79. The van der Waals surface area contributed by atoms with Crippen LogP contribution in [0.5, 0.6) is 0 Å². The van der Waals surface area contributed by atoms with E-state index in [1.807, 2.05) is 7.05 Å². The van der Waals surface area contributed by atoms with Gasteiger partial charge in [0.25, 0.3) is 0 Å². The van der Waals surface area contributed by atoms with Crippen molar-refractivity contribution in [3.63, 3.8) is 0 Å². The zero-order valence-corrected chi connectivity index (χ0v) is 12.7. The Labute approximate surface area is 127 Å². The van der Waals surface area contributed by atoms with Crippen molar-refractivity contribution >= 4 is 17.0 Å². The molecule has 1 fully saturated rings. The van der Waals surface area contributed by atoms with Gasteiger partial charge in [-0.2, -0.15) is 0 Å². The number of imidazole rings is 1. The molecule has 1 aliphatic heterocycles. The number of aromatic nitrogens is 4. The van der Waals surface area contributed by atoms with Crippen LogP contribution in [-0.2, 0) is 11.3 Å². The van der Waals surface area contributed by atoms with Gasteiger partial charge >= 0.3 is 0 Å². The van der Waals surface area contributed by atoms with E-state index in [4.69, 9.17) is 4.74 Å². The van der Waals surface area contributed by atoms with E-state index in [2.05, 4.69) is 25.6 Å². The van der Waals surface area contributed by atoms with E-state index in [-0.39, 0.29) is 0 Å². The van der Waals surface area contributed by atoms with Crippen molar-refractivity contribution in [1.82, 2.24) is 24.8 Å². The van der Waals surface area contributed by atoms with Crippen molar-refractivity contribution in [3.05, 3.63) is 12.2 Å². The fraction of sp³-hybridized carbons (Fsp3) is 0.615. The van der Waals surface area contributed by atoms with Crippen LogP contribution >= 0.6 is 0 Å². The van der Waals surface area contributed by atoms with Crippen molar-refractivity contribution in [2.24, 2.45) is 0 Å². The second kappa shape index (κ2) is 5.76. The molecule has 2 aromatic heterocycles.